The molecule has 1 aliphatic rings. The van der Waals surface area contributed by atoms with Gasteiger partial charge < -0.3 is 10.6 Å². The van der Waals surface area contributed by atoms with Gasteiger partial charge in [-0.05, 0) is 43.4 Å². The van der Waals surface area contributed by atoms with Crippen LogP contribution in [0.1, 0.15) is 35.3 Å². The number of rotatable bonds is 7. The number of halogens is 1. The highest BCUT2D eigenvalue weighted by Gasteiger charge is 2.21. The van der Waals surface area contributed by atoms with Crippen LogP contribution in [0.15, 0.2) is 28.6 Å². The molecule has 0 atom stereocenters. The number of benzene rings is 1. The summed E-state index contributed by atoms with van der Waals surface area (Å²) in [6, 6.07) is 8.62. The van der Waals surface area contributed by atoms with Crippen LogP contribution in [0.25, 0.3) is 0 Å². The Morgan fingerprint density at radius 3 is 2.90 bits per heavy atom. The Labute approximate surface area is 185 Å². The van der Waals surface area contributed by atoms with Gasteiger partial charge in [0, 0.05) is 17.1 Å². The molecule has 30 heavy (non-hydrogen) atoms. The molecule has 154 valence electrons. The molecule has 0 saturated heterocycles. The maximum atomic E-state index is 13.7. The predicted octanol–water partition coefficient (Wildman–Crippen LogP) is 5.35. The number of thiophene rings is 1. The molecule has 1 amide bonds. The minimum Gasteiger partial charge on any atom is -0.328 e. The number of hydrogen-bond donors (Lipinski definition) is 2. The predicted molar refractivity (Wildman–Crippen MR) is 119 cm³/mol. The maximum Gasteiger partial charge on any atom is 0.225 e. The molecule has 6 nitrogen and oxygen atoms in total. The van der Waals surface area contributed by atoms with Crippen molar-refractivity contribution in [1.29, 1.82) is 5.26 Å². The summed E-state index contributed by atoms with van der Waals surface area (Å²) < 4.78 is 14.4. The van der Waals surface area contributed by atoms with E-state index in [-0.39, 0.29) is 11.7 Å². The lowest BCUT2D eigenvalue weighted by molar-refractivity contribution is -0.115. The summed E-state index contributed by atoms with van der Waals surface area (Å²) in [5.74, 6) is 0.0602. The van der Waals surface area contributed by atoms with Crippen molar-refractivity contribution in [3.63, 3.8) is 0 Å². The van der Waals surface area contributed by atoms with Gasteiger partial charge in [-0.3, -0.25) is 4.79 Å². The smallest absolute Gasteiger partial charge is 0.225 e. The number of aromatic nitrogens is 2. The van der Waals surface area contributed by atoms with Crippen molar-refractivity contribution >= 4 is 56.2 Å². The van der Waals surface area contributed by atoms with Crippen molar-refractivity contribution in [3.8, 4) is 6.07 Å². The highest BCUT2D eigenvalue weighted by Crippen LogP contribution is 2.37. The van der Waals surface area contributed by atoms with Crippen LogP contribution in [0.2, 0.25) is 0 Å². The van der Waals surface area contributed by atoms with E-state index < -0.39 is 0 Å². The number of carbonyl (C=O) groups is 1. The number of hydrogen-bond acceptors (Lipinski definition) is 8. The van der Waals surface area contributed by atoms with Crippen molar-refractivity contribution < 1.29 is 9.18 Å². The summed E-state index contributed by atoms with van der Waals surface area (Å²) in [6.45, 7) is 0. The Morgan fingerprint density at radius 2 is 2.07 bits per heavy atom. The first-order chi connectivity index (χ1) is 14.6. The van der Waals surface area contributed by atoms with Gasteiger partial charge in [-0.15, -0.1) is 21.5 Å². The number of para-hydroxylation sites is 1. The van der Waals surface area contributed by atoms with Crippen LogP contribution in [0, 0.1) is 17.1 Å². The summed E-state index contributed by atoms with van der Waals surface area (Å²) in [7, 11) is 0. The second kappa shape index (κ2) is 9.55. The Hall–Kier alpha value is -2.48. The van der Waals surface area contributed by atoms with E-state index in [4.69, 9.17) is 0 Å². The van der Waals surface area contributed by atoms with Crippen molar-refractivity contribution in [2.45, 2.75) is 36.4 Å². The average molecular weight is 460 g/mol. The Kier molecular flexibility index (Phi) is 6.62. The zero-order valence-corrected chi connectivity index (χ0v) is 18.4. The lowest BCUT2D eigenvalue weighted by Crippen LogP contribution is -2.12. The van der Waals surface area contributed by atoms with Gasteiger partial charge in [0.2, 0.25) is 11.0 Å². The van der Waals surface area contributed by atoms with Gasteiger partial charge in [0.15, 0.2) is 4.34 Å². The minimum absolute atomic E-state index is 0.119. The molecule has 0 saturated carbocycles. The number of thioether (sulfide) groups is 1. The summed E-state index contributed by atoms with van der Waals surface area (Å²) in [6.07, 6.45) is 4.44. The van der Waals surface area contributed by atoms with E-state index in [1.54, 1.807) is 18.2 Å². The van der Waals surface area contributed by atoms with E-state index in [0.29, 0.717) is 37.9 Å². The SMILES string of the molecule is N#Cc1c(NC(=O)CCSc2nnc(Nc3ccccc3F)s2)sc2c1CCCC2. The summed E-state index contributed by atoms with van der Waals surface area (Å²) in [4.78, 5) is 13.6. The van der Waals surface area contributed by atoms with Gasteiger partial charge in [-0.2, -0.15) is 5.26 Å². The molecule has 1 aliphatic carbocycles. The van der Waals surface area contributed by atoms with Crippen LogP contribution in [-0.2, 0) is 17.6 Å². The molecule has 4 rings (SSSR count). The second-order valence-electron chi connectivity index (χ2n) is 6.65. The zero-order valence-electron chi connectivity index (χ0n) is 15.9. The van der Waals surface area contributed by atoms with E-state index in [1.807, 2.05) is 0 Å². The van der Waals surface area contributed by atoms with Crippen LogP contribution >= 0.6 is 34.4 Å². The highest BCUT2D eigenvalue weighted by molar-refractivity contribution is 8.01. The fourth-order valence-corrected chi connectivity index (χ4v) is 6.22. The number of nitriles is 1. The van der Waals surface area contributed by atoms with Crippen molar-refractivity contribution in [3.05, 3.63) is 46.1 Å². The second-order valence-corrected chi connectivity index (χ2v) is 10.1. The summed E-state index contributed by atoms with van der Waals surface area (Å²) in [5, 5.41) is 24.5. The first-order valence-electron chi connectivity index (χ1n) is 9.46. The Balaban J connectivity index is 1.29. The standard InChI is InChI=1S/C20H18FN5OS3/c21-14-6-2-3-7-15(14)23-19-25-26-20(30-19)28-10-9-17(27)24-18-13(11-22)12-5-1-4-8-16(12)29-18/h2-3,6-7H,1,4-5,8-10H2,(H,23,25)(H,24,27). The molecule has 0 spiro atoms. The number of nitrogens with one attached hydrogen (secondary N) is 2. The van der Waals surface area contributed by atoms with E-state index in [9.17, 15) is 14.4 Å². The van der Waals surface area contributed by atoms with Crippen molar-refractivity contribution in [2.75, 3.05) is 16.4 Å². The van der Waals surface area contributed by atoms with Crippen molar-refractivity contribution in [1.82, 2.24) is 10.2 Å². The normalized spacial score (nSPS) is 12.8. The fourth-order valence-electron chi connectivity index (χ4n) is 3.19. The van der Waals surface area contributed by atoms with E-state index in [2.05, 4.69) is 26.9 Å². The quantitative estimate of drug-likeness (QED) is 0.463. The molecule has 0 radical (unpaired) electrons. The van der Waals surface area contributed by atoms with E-state index in [1.165, 1.54) is 45.4 Å². The molecule has 0 aliphatic heterocycles. The Morgan fingerprint density at radius 1 is 1.23 bits per heavy atom. The number of nitrogens with zero attached hydrogens (tertiary/aromatic N) is 3. The third-order valence-corrected chi connectivity index (χ3v) is 7.79. The topological polar surface area (TPSA) is 90.7 Å². The molecule has 2 N–H and O–H groups in total. The molecule has 1 aromatic carbocycles. The van der Waals surface area contributed by atoms with Crippen LogP contribution in [-0.4, -0.2) is 21.9 Å². The fraction of sp³-hybridized carbons (Fsp3) is 0.300. The van der Waals surface area contributed by atoms with E-state index in [0.717, 1.165) is 31.2 Å². The molecule has 0 bridgehead atoms. The molecule has 2 heterocycles. The third kappa shape index (κ3) is 4.80. The van der Waals surface area contributed by atoms with Gasteiger partial charge in [0.1, 0.15) is 16.9 Å². The number of aryl methyl sites for hydroxylation is 1. The van der Waals surface area contributed by atoms with Crippen LogP contribution in [0.4, 0.5) is 20.2 Å². The first-order valence-corrected chi connectivity index (χ1v) is 12.1. The molecule has 10 heteroatoms. The largest absolute Gasteiger partial charge is 0.328 e. The lowest BCUT2D eigenvalue weighted by Gasteiger charge is -2.09. The van der Waals surface area contributed by atoms with Crippen LogP contribution in [0.5, 0.6) is 0 Å². The number of amides is 1. The summed E-state index contributed by atoms with van der Waals surface area (Å²) >= 11 is 4.26. The van der Waals surface area contributed by atoms with Crippen molar-refractivity contribution in [2.24, 2.45) is 0 Å². The number of anilines is 3. The minimum atomic E-state index is -0.356. The van der Waals surface area contributed by atoms with Crippen LogP contribution < -0.4 is 10.6 Å². The molecular weight excluding hydrogens is 441 g/mol. The van der Waals surface area contributed by atoms with Gasteiger partial charge >= 0.3 is 0 Å². The highest BCUT2D eigenvalue weighted by atomic mass is 32.2. The molecule has 3 aromatic rings. The molecule has 2 aromatic heterocycles. The van der Waals surface area contributed by atoms with Crippen LogP contribution in [0.3, 0.4) is 0 Å². The van der Waals surface area contributed by atoms with Gasteiger partial charge in [0.05, 0.1) is 11.3 Å². The van der Waals surface area contributed by atoms with E-state index >= 15 is 0 Å². The maximum absolute atomic E-state index is 13.7. The van der Waals surface area contributed by atoms with Gasteiger partial charge in [0.25, 0.3) is 0 Å². The Bertz CT molecular complexity index is 1100. The summed E-state index contributed by atoms with van der Waals surface area (Å²) in [5.41, 5.74) is 2.09. The molecular formula is C20H18FN5OS3. The van der Waals surface area contributed by atoms with Gasteiger partial charge in [-0.1, -0.05) is 35.2 Å². The molecule has 0 unspecified atom stereocenters. The first kappa shape index (κ1) is 20.8. The third-order valence-electron chi connectivity index (χ3n) is 4.61. The van der Waals surface area contributed by atoms with Gasteiger partial charge in [-0.25, -0.2) is 4.39 Å². The zero-order chi connectivity index (χ0) is 20.9. The monoisotopic (exact) mass is 459 g/mol. The lowest BCUT2D eigenvalue weighted by atomic mass is 9.96. The average Bonchev–Trinajstić information content (AvgIpc) is 3.33. The number of fused-ring (bicyclic) bond motifs is 1. The molecule has 0 fully saturated rings. The number of carbonyl (C=O) groups excluding carboxylic acids is 1.